The summed E-state index contributed by atoms with van der Waals surface area (Å²) >= 11 is 0. The van der Waals surface area contributed by atoms with Crippen molar-refractivity contribution in [3.63, 3.8) is 0 Å². The number of nitro groups is 1. The zero-order chi connectivity index (χ0) is 15.6. The first-order chi connectivity index (χ1) is 9.90. The zero-order valence-electron chi connectivity index (χ0n) is 11.3. The van der Waals surface area contributed by atoms with E-state index in [0.29, 0.717) is 11.4 Å². The Morgan fingerprint density at radius 2 is 2.05 bits per heavy atom. The number of hydrogen-bond acceptors (Lipinski definition) is 6. The van der Waals surface area contributed by atoms with Crippen LogP contribution < -0.4 is 5.32 Å². The molecule has 0 spiro atoms. The van der Waals surface area contributed by atoms with Crippen LogP contribution in [0.25, 0.3) is 0 Å². The number of rotatable bonds is 3. The van der Waals surface area contributed by atoms with Crippen LogP contribution in [0.15, 0.2) is 24.3 Å². The molecule has 0 saturated carbocycles. The van der Waals surface area contributed by atoms with Crippen LogP contribution in [0.2, 0.25) is 0 Å². The van der Waals surface area contributed by atoms with Crippen molar-refractivity contribution in [1.82, 2.24) is 10.2 Å². The Hall–Kier alpha value is -3.03. The number of benzene rings is 1. The van der Waals surface area contributed by atoms with Gasteiger partial charge in [-0.3, -0.25) is 14.9 Å². The number of nitrogens with one attached hydrogen (secondary N) is 1. The average molecular weight is 288 g/mol. The first-order valence-corrected chi connectivity index (χ1v) is 5.99. The van der Waals surface area contributed by atoms with E-state index in [1.165, 1.54) is 24.3 Å². The van der Waals surface area contributed by atoms with E-state index in [1.54, 1.807) is 13.8 Å². The molecule has 108 valence electrons. The molecule has 8 heteroatoms. The lowest BCUT2D eigenvalue weighted by molar-refractivity contribution is -0.384. The van der Waals surface area contributed by atoms with E-state index in [2.05, 4.69) is 15.5 Å². The largest absolute Gasteiger partial charge is 0.505 e. The average Bonchev–Trinajstić information content (AvgIpc) is 2.43. The molecule has 0 bridgehead atoms. The molecule has 1 amide bonds. The number of nitro benzene ring substituents is 1. The number of phenols is 1. The summed E-state index contributed by atoms with van der Waals surface area (Å²) in [5, 5.41) is 30.6. The molecular weight excluding hydrogens is 276 g/mol. The monoisotopic (exact) mass is 288 g/mol. The van der Waals surface area contributed by atoms with Gasteiger partial charge in [0, 0.05) is 6.07 Å². The second-order valence-corrected chi connectivity index (χ2v) is 4.37. The first kappa shape index (κ1) is 14.4. The van der Waals surface area contributed by atoms with Gasteiger partial charge in [-0.25, -0.2) is 0 Å². The number of anilines is 1. The first-order valence-electron chi connectivity index (χ1n) is 5.99. The van der Waals surface area contributed by atoms with Crippen molar-refractivity contribution in [3.8, 4) is 5.75 Å². The van der Waals surface area contributed by atoms with Crippen LogP contribution in [0.1, 0.15) is 21.7 Å². The van der Waals surface area contributed by atoms with Gasteiger partial charge in [-0.15, -0.1) is 0 Å². The van der Waals surface area contributed by atoms with E-state index in [1.807, 2.05) is 0 Å². The predicted molar refractivity (Wildman–Crippen MR) is 74.2 cm³/mol. The SMILES string of the molecule is Cc1cc(C(=O)Nc2c(O)cccc2[N+](=O)[O-])c(C)nn1. The molecule has 8 nitrogen and oxygen atoms in total. The minimum atomic E-state index is -0.682. The summed E-state index contributed by atoms with van der Waals surface area (Å²) in [7, 11) is 0. The number of phenolic OH excluding ortho intramolecular Hbond substituents is 1. The molecule has 0 unspecified atom stereocenters. The van der Waals surface area contributed by atoms with E-state index < -0.39 is 10.8 Å². The highest BCUT2D eigenvalue weighted by Gasteiger charge is 2.21. The summed E-state index contributed by atoms with van der Waals surface area (Å²) in [6, 6.07) is 5.29. The molecule has 21 heavy (non-hydrogen) atoms. The van der Waals surface area contributed by atoms with Crippen LogP contribution in [-0.2, 0) is 0 Å². The van der Waals surface area contributed by atoms with Gasteiger partial charge in [-0.05, 0) is 26.0 Å². The fourth-order valence-corrected chi connectivity index (χ4v) is 1.77. The summed E-state index contributed by atoms with van der Waals surface area (Å²) in [5.41, 5.74) is 0.523. The van der Waals surface area contributed by atoms with Crippen molar-refractivity contribution >= 4 is 17.3 Å². The number of aromatic hydroxyl groups is 1. The molecule has 0 fully saturated rings. The third kappa shape index (κ3) is 2.94. The number of para-hydroxylation sites is 1. The Morgan fingerprint density at radius 3 is 2.71 bits per heavy atom. The molecule has 0 atom stereocenters. The highest BCUT2D eigenvalue weighted by Crippen LogP contribution is 2.33. The van der Waals surface area contributed by atoms with Gasteiger partial charge in [-0.1, -0.05) is 6.07 Å². The van der Waals surface area contributed by atoms with Crippen molar-refractivity contribution < 1.29 is 14.8 Å². The van der Waals surface area contributed by atoms with Crippen molar-refractivity contribution in [2.75, 3.05) is 5.32 Å². The summed E-state index contributed by atoms with van der Waals surface area (Å²) < 4.78 is 0. The van der Waals surface area contributed by atoms with Crippen LogP contribution in [0.3, 0.4) is 0 Å². The van der Waals surface area contributed by atoms with E-state index in [4.69, 9.17) is 0 Å². The van der Waals surface area contributed by atoms with Gasteiger partial charge in [-0.2, -0.15) is 10.2 Å². The third-order valence-electron chi connectivity index (χ3n) is 2.80. The number of carbonyl (C=O) groups excluding carboxylic acids is 1. The molecular formula is C13H12N4O4. The molecule has 0 saturated heterocycles. The van der Waals surface area contributed by atoms with Crippen molar-refractivity contribution in [1.29, 1.82) is 0 Å². The Bertz CT molecular complexity index is 730. The predicted octanol–water partition coefficient (Wildman–Crippen LogP) is 1.96. The number of aryl methyl sites for hydroxylation is 2. The molecule has 0 aliphatic carbocycles. The molecule has 2 N–H and O–H groups in total. The fraction of sp³-hybridized carbons (Fsp3) is 0.154. The lowest BCUT2D eigenvalue weighted by Gasteiger charge is -2.09. The summed E-state index contributed by atoms with van der Waals surface area (Å²) in [4.78, 5) is 22.5. The maximum atomic E-state index is 12.2. The lowest BCUT2D eigenvalue weighted by atomic mass is 10.1. The Kier molecular flexibility index (Phi) is 3.79. The standard InChI is InChI=1S/C13H12N4O4/c1-7-6-9(8(2)16-15-7)13(19)14-12-10(17(20)21)4-3-5-11(12)18/h3-6,18H,1-2H3,(H,14,19). The number of hydrogen-bond donors (Lipinski definition) is 2. The number of carbonyl (C=O) groups is 1. The van der Waals surface area contributed by atoms with Gasteiger partial charge in [0.2, 0.25) is 0 Å². The number of amides is 1. The summed E-state index contributed by atoms with van der Waals surface area (Å²) in [6.45, 7) is 3.27. The molecule has 2 rings (SSSR count). The van der Waals surface area contributed by atoms with Crippen molar-refractivity contribution in [3.05, 3.63) is 51.3 Å². The van der Waals surface area contributed by atoms with E-state index in [9.17, 15) is 20.0 Å². The van der Waals surface area contributed by atoms with Crippen LogP contribution in [0.4, 0.5) is 11.4 Å². The van der Waals surface area contributed by atoms with Gasteiger partial charge in [0.1, 0.15) is 5.75 Å². The van der Waals surface area contributed by atoms with Gasteiger partial charge < -0.3 is 10.4 Å². The molecule has 1 aromatic carbocycles. The Balaban J connectivity index is 2.41. The van der Waals surface area contributed by atoms with E-state index in [0.717, 1.165) is 0 Å². The third-order valence-corrected chi connectivity index (χ3v) is 2.80. The minimum Gasteiger partial charge on any atom is -0.505 e. The van der Waals surface area contributed by atoms with Crippen LogP contribution in [0.5, 0.6) is 5.75 Å². The number of nitrogens with zero attached hydrogens (tertiary/aromatic N) is 3. The normalized spacial score (nSPS) is 10.2. The Morgan fingerprint density at radius 1 is 1.33 bits per heavy atom. The minimum absolute atomic E-state index is 0.236. The van der Waals surface area contributed by atoms with Gasteiger partial charge in [0.25, 0.3) is 11.6 Å². The smallest absolute Gasteiger partial charge is 0.296 e. The van der Waals surface area contributed by atoms with E-state index in [-0.39, 0.29) is 22.7 Å². The van der Waals surface area contributed by atoms with Gasteiger partial charge in [0.05, 0.1) is 21.9 Å². The zero-order valence-corrected chi connectivity index (χ0v) is 11.3. The molecule has 2 aromatic rings. The summed E-state index contributed by atoms with van der Waals surface area (Å²) in [6.07, 6.45) is 0. The second kappa shape index (κ2) is 5.53. The highest BCUT2D eigenvalue weighted by molar-refractivity contribution is 6.07. The van der Waals surface area contributed by atoms with Crippen LogP contribution in [-0.4, -0.2) is 26.1 Å². The molecule has 0 aliphatic heterocycles. The van der Waals surface area contributed by atoms with Crippen LogP contribution >= 0.6 is 0 Å². The number of aromatic nitrogens is 2. The fourth-order valence-electron chi connectivity index (χ4n) is 1.77. The van der Waals surface area contributed by atoms with E-state index >= 15 is 0 Å². The molecule has 0 aliphatic rings. The van der Waals surface area contributed by atoms with Crippen LogP contribution in [0, 0.1) is 24.0 Å². The summed E-state index contributed by atoms with van der Waals surface area (Å²) in [5.74, 6) is -0.982. The molecule has 1 aromatic heterocycles. The lowest BCUT2D eigenvalue weighted by Crippen LogP contribution is -2.16. The topological polar surface area (TPSA) is 118 Å². The Labute approximate surface area is 119 Å². The second-order valence-electron chi connectivity index (χ2n) is 4.37. The quantitative estimate of drug-likeness (QED) is 0.506. The van der Waals surface area contributed by atoms with Crippen molar-refractivity contribution in [2.45, 2.75) is 13.8 Å². The van der Waals surface area contributed by atoms with Gasteiger partial charge in [0.15, 0.2) is 5.69 Å². The molecule has 0 radical (unpaired) electrons. The maximum Gasteiger partial charge on any atom is 0.296 e. The maximum absolute atomic E-state index is 12.2. The van der Waals surface area contributed by atoms with Gasteiger partial charge >= 0.3 is 0 Å². The highest BCUT2D eigenvalue weighted by atomic mass is 16.6. The van der Waals surface area contributed by atoms with Crippen molar-refractivity contribution in [2.24, 2.45) is 0 Å². The molecule has 1 heterocycles.